The van der Waals surface area contributed by atoms with Gasteiger partial charge in [-0.2, -0.15) is 0 Å². The van der Waals surface area contributed by atoms with E-state index < -0.39 is 0 Å². The molecular weight excluding hydrogens is 274 g/mol. The van der Waals surface area contributed by atoms with Crippen molar-refractivity contribution in [1.82, 2.24) is 9.80 Å². The minimum atomic E-state index is 0.0598. The predicted molar refractivity (Wildman–Crippen MR) is 90.1 cm³/mol. The molecule has 2 atom stereocenters. The fraction of sp³-hybridized carbons (Fsp3) is 0.611. The molecule has 0 unspecified atom stereocenters. The number of rotatable bonds is 3. The average molecular weight is 301 g/mol. The molecule has 3 aliphatic heterocycles. The highest BCUT2D eigenvalue weighted by molar-refractivity contribution is 5.90. The zero-order valence-electron chi connectivity index (χ0n) is 13.7. The van der Waals surface area contributed by atoms with Crippen LogP contribution in [0.1, 0.15) is 31.7 Å². The number of amides is 2. The molecule has 0 aliphatic carbocycles. The van der Waals surface area contributed by atoms with E-state index in [0.29, 0.717) is 12.0 Å². The van der Waals surface area contributed by atoms with Gasteiger partial charge in [0.25, 0.3) is 0 Å². The van der Waals surface area contributed by atoms with Crippen LogP contribution in [-0.2, 0) is 0 Å². The number of para-hydroxylation sites is 1. The van der Waals surface area contributed by atoms with Gasteiger partial charge in [-0.3, -0.25) is 4.90 Å². The number of urea groups is 1. The van der Waals surface area contributed by atoms with Gasteiger partial charge in [0.15, 0.2) is 0 Å². The number of hydrogen-bond donors (Lipinski definition) is 1. The van der Waals surface area contributed by atoms with Crippen LogP contribution >= 0.6 is 0 Å². The van der Waals surface area contributed by atoms with Gasteiger partial charge < -0.3 is 10.2 Å². The molecule has 0 aromatic heterocycles. The lowest BCUT2D eigenvalue weighted by Crippen LogP contribution is -2.45. The molecule has 120 valence electrons. The Labute approximate surface area is 133 Å². The molecule has 3 fully saturated rings. The number of benzene rings is 1. The van der Waals surface area contributed by atoms with E-state index in [1.165, 1.54) is 19.3 Å². The maximum absolute atomic E-state index is 12.7. The molecule has 4 nitrogen and oxygen atoms in total. The molecule has 3 heterocycles. The Kier molecular flexibility index (Phi) is 4.67. The van der Waals surface area contributed by atoms with E-state index in [1.807, 2.05) is 36.1 Å². The molecule has 22 heavy (non-hydrogen) atoms. The molecule has 2 bridgehead atoms. The smallest absolute Gasteiger partial charge is 0.321 e. The lowest BCUT2D eigenvalue weighted by molar-refractivity contribution is 0.132. The van der Waals surface area contributed by atoms with E-state index in [4.69, 9.17) is 0 Å². The molecule has 1 N–H and O–H groups in total. The summed E-state index contributed by atoms with van der Waals surface area (Å²) < 4.78 is 0. The summed E-state index contributed by atoms with van der Waals surface area (Å²) >= 11 is 0. The normalized spacial score (nSPS) is 25.1. The second-order valence-corrected chi connectivity index (χ2v) is 6.74. The second kappa shape index (κ2) is 6.69. The van der Waals surface area contributed by atoms with Crippen LogP contribution < -0.4 is 5.32 Å². The maximum atomic E-state index is 12.7. The number of nitrogens with zero attached hydrogens (tertiary/aromatic N) is 2. The summed E-state index contributed by atoms with van der Waals surface area (Å²) in [6.07, 6.45) is 3.69. The van der Waals surface area contributed by atoms with Crippen molar-refractivity contribution in [2.24, 2.45) is 5.92 Å². The summed E-state index contributed by atoms with van der Waals surface area (Å²) in [4.78, 5) is 17.3. The van der Waals surface area contributed by atoms with E-state index in [0.717, 1.165) is 37.4 Å². The van der Waals surface area contributed by atoms with Gasteiger partial charge in [0.2, 0.25) is 0 Å². The second-order valence-electron chi connectivity index (χ2n) is 6.74. The summed E-state index contributed by atoms with van der Waals surface area (Å²) in [6, 6.07) is 8.58. The Hall–Kier alpha value is -1.55. The van der Waals surface area contributed by atoms with Crippen LogP contribution in [0.5, 0.6) is 0 Å². The van der Waals surface area contributed by atoms with Crippen LogP contribution in [0, 0.1) is 12.8 Å². The number of nitrogens with one attached hydrogen (secondary N) is 1. The van der Waals surface area contributed by atoms with Crippen molar-refractivity contribution in [2.45, 2.75) is 39.2 Å². The molecule has 3 aliphatic rings. The number of fused-ring (bicyclic) bond motifs is 4. The SMILES string of the molecule is CCCN1C[C@@H]2CC[C@H]1CN(C(=O)Nc1ccccc1C)C2. The molecule has 1 aromatic carbocycles. The van der Waals surface area contributed by atoms with Gasteiger partial charge in [-0.15, -0.1) is 0 Å². The first-order valence-electron chi connectivity index (χ1n) is 8.53. The fourth-order valence-electron chi connectivity index (χ4n) is 3.81. The van der Waals surface area contributed by atoms with Crippen molar-refractivity contribution in [3.05, 3.63) is 29.8 Å². The van der Waals surface area contributed by atoms with Crippen LogP contribution in [0.15, 0.2) is 24.3 Å². The highest BCUT2D eigenvalue weighted by atomic mass is 16.2. The van der Waals surface area contributed by atoms with Crippen molar-refractivity contribution in [3.8, 4) is 0 Å². The van der Waals surface area contributed by atoms with Crippen LogP contribution in [-0.4, -0.2) is 48.1 Å². The van der Waals surface area contributed by atoms with Gasteiger partial charge in [0.1, 0.15) is 0 Å². The minimum absolute atomic E-state index is 0.0598. The monoisotopic (exact) mass is 301 g/mol. The Bertz CT molecular complexity index is 531. The molecular formula is C18H27N3O. The Morgan fingerprint density at radius 1 is 1.23 bits per heavy atom. The molecule has 0 saturated carbocycles. The number of carbonyl (C=O) groups excluding carboxylic acids is 1. The van der Waals surface area contributed by atoms with Gasteiger partial charge in [0.05, 0.1) is 0 Å². The highest BCUT2D eigenvalue weighted by Gasteiger charge is 2.35. The van der Waals surface area contributed by atoms with E-state index >= 15 is 0 Å². The molecule has 0 spiro atoms. The summed E-state index contributed by atoms with van der Waals surface area (Å²) in [5.74, 6) is 0.632. The van der Waals surface area contributed by atoms with Gasteiger partial charge in [-0.05, 0) is 50.3 Å². The largest absolute Gasteiger partial charge is 0.323 e. The van der Waals surface area contributed by atoms with Crippen molar-refractivity contribution in [3.63, 3.8) is 0 Å². The lowest BCUT2D eigenvalue weighted by Gasteiger charge is -2.35. The summed E-state index contributed by atoms with van der Waals surface area (Å²) in [5, 5.41) is 3.09. The van der Waals surface area contributed by atoms with E-state index in [1.54, 1.807) is 0 Å². The van der Waals surface area contributed by atoms with Crippen molar-refractivity contribution in [2.75, 3.05) is 31.5 Å². The number of hydrogen-bond acceptors (Lipinski definition) is 2. The van der Waals surface area contributed by atoms with Gasteiger partial charge in [-0.1, -0.05) is 25.1 Å². The maximum Gasteiger partial charge on any atom is 0.321 e. The van der Waals surface area contributed by atoms with Gasteiger partial charge >= 0.3 is 6.03 Å². The third-order valence-electron chi connectivity index (χ3n) is 5.01. The standard InChI is InChI=1S/C18H27N3O/c1-3-10-20-11-15-8-9-16(20)13-21(12-15)18(22)19-17-7-5-4-6-14(17)2/h4-7,15-16H,3,8-13H2,1-2H3,(H,19,22)/t15-,16-/m0/s1. The van der Waals surface area contributed by atoms with E-state index in [9.17, 15) is 4.79 Å². The molecule has 4 heteroatoms. The van der Waals surface area contributed by atoms with Crippen molar-refractivity contribution in [1.29, 1.82) is 0 Å². The molecule has 0 radical (unpaired) electrons. The molecule has 3 saturated heterocycles. The van der Waals surface area contributed by atoms with Gasteiger partial charge in [0, 0.05) is 31.4 Å². The molecule has 1 aromatic rings. The number of carbonyl (C=O) groups is 1. The van der Waals surface area contributed by atoms with Crippen LogP contribution in [0.2, 0.25) is 0 Å². The summed E-state index contributed by atoms with van der Waals surface area (Å²) in [5.41, 5.74) is 2.04. The van der Waals surface area contributed by atoms with Crippen LogP contribution in [0.3, 0.4) is 0 Å². The van der Waals surface area contributed by atoms with Crippen molar-refractivity contribution < 1.29 is 4.79 Å². The third-order valence-corrected chi connectivity index (χ3v) is 5.01. The van der Waals surface area contributed by atoms with E-state index in [2.05, 4.69) is 17.1 Å². The lowest BCUT2D eigenvalue weighted by atomic mass is 9.95. The third kappa shape index (κ3) is 3.27. The van der Waals surface area contributed by atoms with Crippen molar-refractivity contribution >= 4 is 11.7 Å². The zero-order valence-corrected chi connectivity index (χ0v) is 13.7. The van der Waals surface area contributed by atoms with Gasteiger partial charge in [-0.25, -0.2) is 4.79 Å². The minimum Gasteiger partial charge on any atom is -0.323 e. The Balaban J connectivity index is 1.68. The number of anilines is 1. The summed E-state index contributed by atoms with van der Waals surface area (Å²) in [6.45, 7) is 8.36. The van der Waals surface area contributed by atoms with E-state index in [-0.39, 0.29) is 6.03 Å². The Morgan fingerprint density at radius 3 is 2.82 bits per heavy atom. The number of piperidine rings is 1. The Morgan fingerprint density at radius 2 is 2.05 bits per heavy atom. The first kappa shape index (κ1) is 15.3. The van der Waals surface area contributed by atoms with Crippen LogP contribution in [0.4, 0.5) is 10.5 Å². The number of aryl methyl sites for hydroxylation is 1. The zero-order chi connectivity index (χ0) is 15.5. The first-order valence-corrected chi connectivity index (χ1v) is 8.53. The highest BCUT2D eigenvalue weighted by Crippen LogP contribution is 2.28. The topological polar surface area (TPSA) is 35.6 Å². The quantitative estimate of drug-likeness (QED) is 0.929. The fourth-order valence-corrected chi connectivity index (χ4v) is 3.81. The first-order chi connectivity index (χ1) is 10.7. The summed E-state index contributed by atoms with van der Waals surface area (Å²) in [7, 11) is 0. The predicted octanol–water partition coefficient (Wildman–Crippen LogP) is 3.33. The average Bonchev–Trinajstić information content (AvgIpc) is 2.82. The van der Waals surface area contributed by atoms with Crippen LogP contribution in [0.25, 0.3) is 0 Å². The molecule has 2 amide bonds. The molecule has 4 rings (SSSR count).